The molecule has 2 amide bonds. The van der Waals surface area contributed by atoms with Crippen LogP contribution in [0.2, 0.25) is 0 Å². The van der Waals surface area contributed by atoms with Crippen molar-refractivity contribution in [2.24, 2.45) is 5.92 Å². The number of nitrogens with one attached hydrogen (secondary N) is 1. The van der Waals surface area contributed by atoms with Crippen LogP contribution in [0.15, 0.2) is 78.9 Å². The van der Waals surface area contributed by atoms with Gasteiger partial charge in [-0.05, 0) is 54.7 Å². The smallest absolute Gasteiger partial charge is 0.243 e. The summed E-state index contributed by atoms with van der Waals surface area (Å²) < 4.78 is 38.0. The Morgan fingerprint density at radius 3 is 2.27 bits per heavy atom. The zero-order chi connectivity index (χ0) is 32.1. The van der Waals surface area contributed by atoms with E-state index in [1.54, 1.807) is 36.3 Å². The average molecular weight is 624 g/mol. The van der Waals surface area contributed by atoms with Gasteiger partial charge in [0.2, 0.25) is 21.8 Å². The Morgan fingerprint density at radius 2 is 1.61 bits per heavy atom. The van der Waals surface area contributed by atoms with Crippen molar-refractivity contribution in [2.45, 2.75) is 52.6 Å². The minimum atomic E-state index is -3.67. The number of amides is 2. The number of carbonyl (C=O) groups is 2. The first-order valence-corrected chi connectivity index (χ1v) is 16.8. The van der Waals surface area contributed by atoms with Crippen molar-refractivity contribution in [3.8, 4) is 11.5 Å². The summed E-state index contributed by atoms with van der Waals surface area (Å²) >= 11 is 0. The van der Waals surface area contributed by atoms with Crippen LogP contribution in [0, 0.1) is 5.92 Å². The Kier molecular flexibility index (Phi) is 13.1. The number of sulfonamides is 1. The molecule has 1 N–H and O–H groups in total. The fraction of sp³-hybridized carbons (Fsp3) is 0.412. The maximum atomic E-state index is 14.0. The number of rotatable bonds is 17. The fourth-order valence-electron chi connectivity index (χ4n) is 4.87. The van der Waals surface area contributed by atoms with Gasteiger partial charge in [0.1, 0.15) is 17.5 Å². The molecule has 0 aliphatic carbocycles. The summed E-state index contributed by atoms with van der Waals surface area (Å²) in [6, 6.07) is 23.2. The van der Waals surface area contributed by atoms with Crippen molar-refractivity contribution in [2.75, 3.05) is 37.4 Å². The Hall–Kier alpha value is -4.05. The van der Waals surface area contributed by atoms with E-state index in [1.807, 2.05) is 75.4 Å². The lowest BCUT2D eigenvalue weighted by Gasteiger charge is -2.32. The Labute approximate surface area is 262 Å². The summed E-state index contributed by atoms with van der Waals surface area (Å²) in [6.07, 6.45) is 1.75. The molecule has 0 fully saturated rings. The van der Waals surface area contributed by atoms with Crippen molar-refractivity contribution in [3.63, 3.8) is 0 Å². The summed E-state index contributed by atoms with van der Waals surface area (Å²) in [6.45, 7) is 6.99. The molecule has 0 bridgehead atoms. The molecule has 0 aliphatic heterocycles. The molecule has 0 aliphatic rings. The average Bonchev–Trinajstić information content (AvgIpc) is 3.00. The van der Waals surface area contributed by atoms with E-state index in [0.717, 1.165) is 17.4 Å². The highest BCUT2D eigenvalue weighted by molar-refractivity contribution is 7.92. The van der Waals surface area contributed by atoms with Crippen LogP contribution in [0.3, 0.4) is 0 Å². The molecule has 3 aromatic carbocycles. The molecule has 9 nitrogen and oxygen atoms in total. The molecule has 1 unspecified atom stereocenters. The van der Waals surface area contributed by atoms with Gasteiger partial charge >= 0.3 is 0 Å². The van der Waals surface area contributed by atoms with Crippen molar-refractivity contribution in [3.05, 3.63) is 90.0 Å². The van der Waals surface area contributed by atoms with Crippen LogP contribution in [0.1, 0.15) is 44.7 Å². The van der Waals surface area contributed by atoms with Gasteiger partial charge < -0.3 is 19.7 Å². The van der Waals surface area contributed by atoms with E-state index in [-0.39, 0.29) is 43.7 Å². The van der Waals surface area contributed by atoms with Crippen molar-refractivity contribution >= 4 is 27.5 Å². The van der Waals surface area contributed by atoms with Gasteiger partial charge in [-0.3, -0.25) is 13.9 Å². The number of hydrogen-bond donors (Lipinski definition) is 1. The second kappa shape index (κ2) is 16.7. The van der Waals surface area contributed by atoms with E-state index in [1.165, 1.54) is 4.31 Å². The predicted octanol–water partition coefficient (Wildman–Crippen LogP) is 5.05. The van der Waals surface area contributed by atoms with E-state index in [9.17, 15) is 18.0 Å². The topological polar surface area (TPSA) is 105 Å². The number of carbonyl (C=O) groups excluding carboxylic acids is 2. The standard InChI is InChI=1S/C34H45N3O6S/c1-6-43-32-19-11-10-18-30(32)37(44(5,40)41)21-13-20-33(38)36(25-28-16-12-17-29(22-28)42-4)31(34(39)35-24-26(2)3)23-27-14-8-7-9-15-27/h7-12,14-19,22,26,31H,6,13,20-21,23-25H2,1-5H3,(H,35,39). The number of benzene rings is 3. The van der Waals surface area contributed by atoms with Crippen LogP contribution < -0.4 is 19.1 Å². The molecule has 238 valence electrons. The van der Waals surface area contributed by atoms with Gasteiger partial charge in [0.05, 0.1) is 25.7 Å². The number of methoxy groups -OCH3 is 1. The van der Waals surface area contributed by atoms with Crippen LogP contribution >= 0.6 is 0 Å². The molecule has 0 spiro atoms. The molecular weight excluding hydrogens is 578 g/mol. The molecule has 0 radical (unpaired) electrons. The maximum absolute atomic E-state index is 14.0. The molecular formula is C34H45N3O6S. The maximum Gasteiger partial charge on any atom is 0.243 e. The van der Waals surface area contributed by atoms with Gasteiger partial charge in [-0.15, -0.1) is 0 Å². The van der Waals surface area contributed by atoms with Crippen LogP contribution in [0.25, 0.3) is 0 Å². The Morgan fingerprint density at radius 1 is 0.932 bits per heavy atom. The van der Waals surface area contributed by atoms with Crippen LogP contribution in [0.4, 0.5) is 5.69 Å². The highest BCUT2D eigenvalue weighted by atomic mass is 32.2. The number of nitrogens with zero attached hydrogens (tertiary/aromatic N) is 2. The van der Waals surface area contributed by atoms with Gasteiger partial charge in [-0.1, -0.05) is 68.4 Å². The van der Waals surface area contributed by atoms with E-state index in [0.29, 0.717) is 36.8 Å². The predicted molar refractivity (Wildman–Crippen MR) is 174 cm³/mol. The molecule has 3 rings (SSSR count). The number of anilines is 1. The molecule has 1 atom stereocenters. The summed E-state index contributed by atoms with van der Waals surface area (Å²) in [4.78, 5) is 29.3. The number of hydrogen-bond acceptors (Lipinski definition) is 6. The third-order valence-corrected chi connectivity index (χ3v) is 8.21. The van der Waals surface area contributed by atoms with Gasteiger partial charge in [0, 0.05) is 32.5 Å². The lowest BCUT2D eigenvalue weighted by atomic mass is 10.0. The largest absolute Gasteiger partial charge is 0.497 e. The molecule has 0 saturated carbocycles. The zero-order valence-electron chi connectivity index (χ0n) is 26.4. The zero-order valence-corrected chi connectivity index (χ0v) is 27.2. The molecule has 10 heteroatoms. The Bertz CT molecular complexity index is 1460. The molecule has 0 aromatic heterocycles. The normalized spacial score (nSPS) is 12.0. The number of para-hydroxylation sites is 2. The minimum absolute atomic E-state index is 0.0372. The van der Waals surface area contributed by atoms with E-state index >= 15 is 0 Å². The van der Waals surface area contributed by atoms with Crippen molar-refractivity contribution < 1.29 is 27.5 Å². The molecule has 0 heterocycles. The summed E-state index contributed by atoms with van der Waals surface area (Å²) in [5, 5.41) is 3.02. The van der Waals surface area contributed by atoms with Crippen molar-refractivity contribution in [1.82, 2.24) is 10.2 Å². The van der Waals surface area contributed by atoms with E-state index in [4.69, 9.17) is 9.47 Å². The van der Waals surface area contributed by atoms with Gasteiger partial charge in [-0.25, -0.2) is 8.42 Å². The van der Waals surface area contributed by atoms with Crippen LogP contribution in [-0.2, 0) is 32.6 Å². The Balaban J connectivity index is 1.91. The lowest BCUT2D eigenvalue weighted by molar-refractivity contribution is -0.141. The highest BCUT2D eigenvalue weighted by Crippen LogP contribution is 2.30. The fourth-order valence-corrected chi connectivity index (χ4v) is 5.84. The van der Waals surface area contributed by atoms with Gasteiger partial charge in [0.25, 0.3) is 0 Å². The summed E-state index contributed by atoms with van der Waals surface area (Å²) in [5.74, 6) is 0.856. The first kappa shape index (κ1) is 34.4. The van der Waals surface area contributed by atoms with Crippen molar-refractivity contribution in [1.29, 1.82) is 0 Å². The quantitative estimate of drug-likeness (QED) is 0.226. The second-order valence-electron chi connectivity index (χ2n) is 11.1. The monoisotopic (exact) mass is 623 g/mol. The third kappa shape index (κ3) is 10.3. The summed E-state index contributed by atoms with van der Waals surface area (Å²) in [7, 11) is -2.09. The minimum Gasteiger partial charge on any atom is -0.497 e. The molecule has 44 heavy (non-hydrogen) atoms. The number of ether oxygens (including phenoxy) is 2. The van der Waals surface area contributed by atoms with E-state index < -0.39 is 16.1 Å². The molecule has 0 saturated heterocycles. The first-order chi connectivity index (χ1) is 21.0. The van der Waals surface area contributed by atoms with E-state index in [2.05, 4.69) is 5.32 Å². The van der Waals surface area contributed by atoms with Gasteiger partial charge in [-0.2, -0.15) is 0 Å². The second-order valence-corrected chi connectivity index (χ2v) is 13.0. The van der Waals surface area contributed by atoms with Crippen LogP contribution in [0.5, 0.6) is 11.5 Å². The summed E-state index contributed by atoms with van der Waals surface area (Å²) in [5.41, 5.74) is 2.17. The van der Waals surface area contributed by atoms with Gasteiger partial charge in [0.15, 0.2) is 0 Å². The SMILES string of the molecule is CCOc1ccccc1N(CCCC(=O)N(Cc1cccc(OC)c1)C(Cc1ccccc1)C(=O)NCC(C)C)S(C)(=O)=O. The first-order valence-electron chi connectivity index (χ1n) is 15.0. The third-order valence-electron chi connectivity index (χ3n) is 7.03. The molecule has 3 aromatic rings. The lowest BCUT2D eigenvalue weighted by Crippen LogP contribution is -2.51. The highest BCUT2D eigenvalue weighted by Gasteiger charge is 2.31. The van der Waals surface area contributed by atoms with Crippen LogP contribution in [-0.4, -0.2) is 64.2 Å².